The fraction of sp³-hybridized carbons (Fsp3) is 0.308. The summed E-state index contributed by atoms with van der Waals surface area (Å²) in [6, 6.07) is 5.34. The summed E-state index contributed by atoms with van der Waals surface area (Å²) in [5.41, 5.74) is 1.58. The average Bonchev–Trinajstić information content (AvgIpc) is 2.81. The van der Waals surface area contributed by atoms with Crippen LogP contribution in [0.1, 0.15) is 24.8 Å². The minimum Gasteiger partial charge on any atom is -0.550 e. The fourth-order valence-corrected chi connectivity index (χ4v) is 2.15. The Hall–Kier alpha value is -0.480. The Bertz CT molecular complexity index is 476. The van der Waals surface area contributed by atoms with Gasteiger partial charge in [-0.05, 0) is 24.1 Å². The predicted molar refractivity (Wildman–Crippen MR) is 66.0 cm³/mol. The van der Waals surface area contributed by atoms with Crippen LogP contribution in [0.2, 0.25) is 5.02 Å². The molecule has 1 aromatic carbocycles. The van der Waals surface area contributed by atoms with Gasteiger partial charge in [-0.3, -0.25) is 0 Å². The smallest absolute Gasteiger partial charge is 0.550 e. The number of carbonyl (C=O) groups excluding carboxylic acids is 1. The third-order valence-corrected chi connectivity index (χ3v) is 3.26. The van der Waals surface area contributed by atoms with Gasteiger partial charge in [-0.1, -0.05) is 30.7 Å². The van der Waals surface area contributed by atoms with Crippen molar-refractivity contribution in [2.24, 2.45) is 0 Å². The molecule has 90 valence electrons. The first kappa shape index (κ1) is 15.6. The average molecular weight is 274 g/mol. The Kier molecular flexibility index (Phi) is 5.73. The monoisotopic (exact) mass is 273 g/mol. The second kappa shape index (κ2) is 6.62. The zero-order chi connectivity index (χ0) is 12.4. The number of hydrogen-bond donors (Lipinski definition) is 0. The fourth-order valence-electron chi connectivity index (χ4n) is 1.85. The van der Waals surface area contributed by atoms with E-state index in [1.54, 1.807) is 19.1 Å². The van der Waals surface area contributed by atoms with Crippen molar-refractivity contribution in [1.29, 1.82) is 0 Å². The first-order chi connectivity index (χ1) is 8.09. The molecule has 0 saturated heterocycles. The number of carbonyl (C=O) groups is 1. The summed E-state index contributed by atoms with van der Waals surface area (Å²) in [6.45, 7) is 2.51. The molecule has 0 amide bonds. The summed E-state index contributed by atoms with van der Waals surface area (Å²) in [6.07, 6.45) is 5.07. The van der Waals surface area contributed by atoms with Crippen molar-refractivity contribution in [3.63, 3.8) is 0 Å². The van der Waals surface area contributed by atoms with E-state index < -0.39 is 11.9 Å². The van der Waals surface area contributed by atoms with Gasteiger partial charge in [0, 0.05) is 24.6 Å². The molecule has 0 aliphatic carbocycles. The molecule has 0 bridgehead atoms. The topological polar surface area (TPSA) is 43.4 Å². The number of aliphatic carboxylic acids is 1. The van der Waals surface area contributed by atoms with Crippen LogP contribution in [0.25, 0.3) is 0 Å². The van der Waals surface area contributed by atoms with Crippen molar-refractivity contribution in [2.75, 3.05) is 11.4 Å². The second-order valence-corrected chi connectivity index (χ2v) is 4.53. The zero-order valence-electron chi connectivity index (χ0n) is 10.5. The number of hydrogen-bond acceptors (Lipinski definition) is 3. The number of carboxylic acid groups (broad SMARTS) is 1. The van der Waals surface area contributed by atoms with Gasteiger partial charge in [0.2, 0.25) is 0 Å². The summed E-state index contributed by atoms with van der Waals surface area (Å²) in [5, 5.41) is 11.3. The van der Waals surface area contributed by atoms with Crippen molar-refractivity contribution >= 4 is 23.3 Å². The zero-order valence-corrected chi connectivity index (χ0v) is 13.3. The minimum absolute atomic E-state index is 0. The number of anilines is 1. The quantitative estimate of drug-likeness (QED) is 0.658. The second-order valence-electron chi connectivity index (χ2n) is 4.12. The van der Waals surface area contributed by atoms with E-state index in [0.717, 1.165) is 18.7 Å². The van der Waals surface area contributed by atoms with E-state index in [4.69, 9.17) is 11.6 Å². The molecule has 1 atom stereocenters. The summed E-state index contributed by atoms with van der Waals surface area (Å²) in [5.74, 6) is -1.73. The van der Waals surface area contributed by atoms with Gasteiger partial charge in [-0.15, -0.1) is 0 Å². The molecule has 0 aromatic heterocycles. The Morgan fingerprint density at radius 3 is 2.72 bits per heavy atom. The van der Waals surface area contributed by atoms with Crippen LogP contribution in [0.4, 0.5) is 5.69 Å². The van der Waals surface area contributed by atoms with E-state index in [2.05, 4.69) is 11.0 Å². The number of benzene rings is 1. The van der Waals surface area contributed by atoms with Gasteiger partial charge in [0.25, 0.3) is 0 Å². The van der Waals surface area contributed by atoms with Crippen molar-refractivity contribution in [1.82, 2.24) is 0 Å². The van der Waals surface area contributed by atoms with Crippen LogP contribution in [-0.4, -0.2) is 12.5 Å². The number of halogens is 1. The van der Waals surface area contributed by atoms with Gasteiger partial charge in [-0.2, -0.15) is 0 Å². The molecular weight excluding hydrogens is 261 g/mol. The molecule has 1 heterocycles. The third kappa shape index (κ3) is 3.29. The molecule has 1 aliphatic rings. The molecule has 5 heteroatoms. The summed E-state index contributed by atoms with van der Waals surface area (Å²) in [4.78, 5) is 12.8. The maximum absolute atomic E-state index is 10.8. The van der Waals surface area contributed by atoms with Gasteiger partial charge < -0.3 is 14.8 Å². The number of rotatable bonds is 3. The SMILES string of the molecule is CC(C(=O)[O-])c1ccc(N2C=CCC2)c(Cl)c1.[Na+]. The first-order valence-electron chi connectivity index (χ1n) is 5.53. The molecule has 3 nitrogen and oxygen atoms in total. The van der Waals surface area contributed by atoms with Crippen LogP contribution in [0.5, 0.6) is 0 Å². The molecule has 0 spiro atoms. The van der Waals surface area contributed by atoms with Crippen molar-refractivity contribution in [3.05, 3.63) is 41.1 Å². The molecule has 0 N–H and O–H groups in total. The Balaban J connectivity index is 0.00000162. The van der Waals surface area contributed by atoms with Crippen LogP contribution in [0.15, 0.2) is 30.5 Å². The van der Waals surface area contributed by atoms with Gasteiger partial charge in [0.05, 0.1) is 10.7 Å². The van der Waals surface area contributed by atoms with Crippen LogP contribution < -0.4 is 39.6 Å². The van der Waals surface area contributed by atoms with E-state index in [1.165, 1.54) is 0 Å². The summed E-state index contributed by atoms with van der Waals surface area (Å²) >= 11 is 6.17. The van der Waals surface area contributed by atoms with Crippen LogP contribution in [0, 0.1) is 0 Å². The van der Waals surface area contributed by atoms with E-state index in [1.807, 2.05) is 12.3 Å². The van der Waals surface area contributed by atoms with Crippen LogP contribution in [0.3, 0.4) is 0 Å². The van der Waals surface area contributed by atoms with Crippen LogP contribution in [-0.2, 0) is 4.79 Å². The Labute approximate surface area is 134 Å². The third-order valence-electron chi connectivity index (χ3n) is 2.96. The normalized spacial score (nSPS) is 15.3. The molecule has 2 rings (SSSR count). The van der Waals surface area contributed by atoms with Crippen molar-refractivity contribution in [3.8, 4) is 0 Å². The van der Waals surface area contributed by atoms with Gasteiger partial charge >= 0.3 is 29.6 Å². The van der Waals surface area contributed by atoms with Gasteiger partial charge in [-0.25, -0.2) is 0 Å². The molecule has 0 saturated carbocycles. The molecule has 1 aliphatic heterocycles. The molecule has 18 heavy (non-hydrogen) atoms. The molecule has 1 aromatic rings. The van der Waals surface area contributed by atoms with Gasteiger partial charge in [0.1, 0.15) is 0 Å². The molecule has 0 fully saturated rings. The minimum atomic E-state index is -1.09. The van der Waals surface area contributed by atoms with E-state index in [9.17, 15) is 9.90 Å². The number of carboxylic acids is 1. The molecule has 0 radical (unpaired) electrons. The maximum atomic E-state index is 10.8. The van der Waals surface area contributed by atoms with E-state index >= 15 is 0 Å². The van der Waals surface area contributed by atoms with Gasteiger partial charge in [0.15, 0.2) is 0 Å². The molecular formula is C13H13ClNNaO2. The Morgan fingerprint density at radius 1 is 1.50 bits per heavy atom. The predicted octanol–water partition coefficient (Wildman–Crippen LogP) is -1.08. The van der Waals surface area contributed by atoms with Crippen LogP contribution >= 0.6 is 11.6 Å². The standard InChI is InChI=1S/C13H14ClNO2.Na/c1-9(13(16)17)10-4-5-12(11(14)8-10)15-6-2-3-7-15;/h2,4-6,8-9H,3,7H2,1H3,(H,16,17);/q;+1/p-1. The van der Waals surface area contributed by atoms with E-state index in [0.29, 0.717) is 10.6 Å². The first-order valence-corrected chi connectivity index (χ1v) is 5.91. The van der Waals surface area contributed by atoms with E-state index in [-0.39, 0.29) is 29.6 Å². The number of nitrogens with zero attached hydrogens (tertiary/aromatic N) is 1. The van der Waals surface area contributed by atoms with Crippen molar-refractivity contribution < 1.29 is 39.5 Å². The van der Waals surface area contributed by atoms with Crippen molar-refractivity contribution in [2.45, 2.75) is 19.3 Å². The largest absolute Gasteiger partial charge is 1.00 e. The summed E-state index contributed by atoms with van der Waals surface area (Å²) < 4.78 is 0. The summed E-state index contributed by atoms with van der Waals surface area (Å²) in [7, 11) is 0. The molecule has 1 unspecified atom stereocenters. The Morgan fingerprint density at radius 2 is 2.22 bits per heavy atom. The maximum Gasteiger partial charge on any atom is 1.00 e.